The fourth-order valence-corrected chi connectivity index (χ4v) is 1.11. The van der Waals surface area contributed by atoms with Gasteiger partial charge in [-0.05, 0) is 24.3 Å². The fraction of sp³-hybridized carbons (Fsp3) is 0. The third-order valence-corrected chi connectivity index (χ3v) is 1.61. The minimum atomic E-state index is -4.22. The van der Waals surface area contributed by atoms with Crippen molar-refractivity contribution in [1.29, 1.82) is 0 Å². The third kappa shape index (κ3) is 2.77. The number of anilines is 1. The van der Waals surface area contributed by atoms with E-state index in [1.807, 2.05) is 4.72 Å². The van der Waals surface area contributed by atoms with Crippen LogP contribution < -0.4 is 4.72 Å². The number of phenols is 1. The van der Waals surface area contributed by atoms with Crippen LogP contribution in [0.2, 0.25) is 0 Å². The van der Waals surface area contributed by atoms with Crippen LogP contribution in [0, 0.1) is 0 Å². The van der Waals surface area contributed by atoms with E-state index in [0.29, 0.717) is 0 Å². The number of hydrogen-bond acceptors (Lipinski definition) is 3. The molecule has 0 aliphatic carbocycles. The highest BCUT2D eigenvalue weighted by molar-refractivity contribution is 7.87. The SMILES string of the molecule is O=S(=O)(O)Nc1ccc(O)cc1. The molecule has 1 rings (SSSR count). The Balaban J connectivity index is 2.85. The zero-order chi connectivity index (χ0) is 9.19. The largest absolute Gasteiger partial charge is 0.508 e. The van der Waals surface area contributed by atoms with Crippen LogP contribution in [0.1, 0.15) is 0 Å². The van der Waals surface area contributed by atoms with Crippen LogP contribution >= 0.6 is 0 Å². The number of phenolic OH excluding ortho intramolecular Hbond substituents is 1. The van der Waals surface area contributed by atoms with E-state index in [4.69, 9.17) is 9.66 Å². The molecule has 0 amide bonds. The smallest absolute Gasteiger partial charge is 0.357 e. The van der Waals surface area contributed by atoms with Crippen LogP contribution in [0.3, 0.4) is 0 Å². The molecule has 5 nitrogen and oxygen atoms in total. The Morgan fingerprint density at radius 3 is 2.08 bits per heavy atom. The van der Waals surface area contributed by atoms with Crippen molar-refractivity contribution in [3.8, 4) is 5.75 Å². The van der Waals surface area contributed by atoms with Gasteiger partial charge in [0.15, 0.2) is 0 Å². The minimum Gasteiger partial charge on any atom is -0.508 e. The summed E-state index contributed by atoms with van der Waals surface area (Å²) < 4.78 is 30.7. The van der Waals surface area contributed by atoms with Crippen LogP contribution in [0.5, 0.6) is 5.75 Å². The highest BCUT2D eigenvalue weighted by Gasteiger charge is 2.02. The molecule has 66 valence electrons. The van der Waals surface area contributed by atoms with E-state index in [9.17, 15) is 8.42 Å². The van der Waals surface area contributed by atoms with E-state index in [1.54, 1.807) is 0 Å². The van der Waals surface area contributed by atoms with Crippen LogP contribution in [0.25, 0.3) is 0 Å². The molecule has 1 aromatic carbocycles. The van der Waals surface area contributed by atoms with Gasteiger partial charge in [0.05, 0.1) is 5.69 Å². The van der Waals surface area contributed by atoms with Crippen molar-refractivity contribution in [3.63, 3.8) is 0 Å². The van der Waals surface area contributed by atoms with Gasteiger partial charge in [0.25, 0.3) is 0 Å². The van der Waals surface area contributed by atoms with Crippen LogP contribution in [-0.4, -0.2) is 18.1 Å². The average Bonchev–Trinajstić information content (AvgIpc) is 1.91. The summed E-state index contributed by atoms with van der Waals surface area (Å²) in [7, 11) is -4.22. The first-order valence-electron chi connectivity index (χ1n) is 3.02. The van der Waals surface area contributed by atoms with Gasteiger partial charge in [0.2, 0.25) is 0 Å². The topological polar surface area (TPSA) is 86.6 Å². The van der Waals surface area contributed by atoms with Gasteiger partial charge in [-0.15, -0.1) is 0 Å². The molecular weight excluding hydrogens is 182 g/mol. The Morgan fingerprint density at radius 1 is 1.17 bits per heavy atom. The summed E-state index contributed by atoms with van der Waals surface area (Å²) in [5.41, 5.74) is 0.190. The van der Waals surface area contributed by atoms with Crippen molar-refractivity contribution < 1.29 is 18.1 Å². The fourth-order valence-electron chi connectivity index (χ4n) is 0.678. The lowest BCUT2D eigenvalue weighted by Crippen LogP contribution is -2.09. The van der Waals surface area contributed by atoms with Crippen LogP contribution in [0.15, 0.2) is 24.3 Å². The maximum atomic E-state index is 10.3. The van der Waals surface area contributed by atoms with E-state index in [0.717, 1.165) is 0 Å². The van der Waals surface area contributed by atoms with Crippen molar-refractivity contribution in [2.45, 2.75) is 0 Å². The van der Waals surface area contributed by atoms with Crippen LogP contribution in [-0.2, 0) is 10.3 Å². The average molecular weight is 189 g/mol. The first-order chi connectivity index (χ1) is 5.47. The van der Waals surface area contributed by atoms with Gasteiger partial charge < -0.3 is 5.11 Å². The van der Waals surface area contributed by atoms with Gasteiger partial charge in [-0.1, -0.05) is 0 Å². The zero-order valence-electron chi connectivity index (χ0n) is 5.93. The molecule has 1 aromatic rings. The van der Waals surface area contributed by atoms with Crippen molar-refractivity contribution in [2.24, 2.45) is 0 Å². The van der Waals surface area contributed by atoms with E-state index in [1.165, 1.54) is 24.3 Å². The molecule has 0 unspecified atom stereocenters. The molecule has 0 saturated carbocycles. The number of benzene rings is 1. The van der Waals surface area contributed by atoms with Crippen LogP contribution in [0.4, 0.5) is 5.69 Å². The maximum absolute atomic E-state index is 10.3. The summed E-state index contributed by atoms with van der Waals surface area (Å²) in [5.74, 6) is 0.0240. The minimum absolute atomic E-state index is 0.0240. The molecule has 0 aliphatic rings. The maximum Gasteiger partial charge on any atom is 0.357 e. The molecular formula is C6H7NO4S. The zero-order valence-corrected chi connectivity index (χ0v) is 6.75. The van der Waals surface area contributed by atoms with Gasteiger partial charge >= 0.3 is 10.3 Å². The predicted molar refractivity (Wildman–Crippen MR) is 43.3 cm³/mol. The van der Waals surface area contributed by atoms with Gasteiger partial charge in [-0.3, -0.25) is 9.27 Å². The molecule has 0 heterocycles. The molecule has 0 spiro atoms. The van der Waals surface area contributed by atoms with E-state index in [2.05, 4.69) is 0 Å². The third-order valence-electron chi connectivity index (χ3n) is 1.11. The first-order valence-corrected chi connectivity index (χ1v) is 4.46. The molecule has 0 aliphatic heterocycles. The molecule has 0 saturated heterocycles. The summed E-state index contributed by atoms with van der Waals surface area (Å²) in [5, 5.41) is 8.82. The normalized spacial score (nSPS) is 11.1. The summed E-state index contributed by atoms with van der Waals surface area (Å²) >= 11 is 0. The number of rotatable bonds is 2. The highest BCUT2D eigenvalue weighted by Crippen LogP contribution is 2.14. The Kier molecular flexibility index (Phi) is 2.20. The van der Waals surface area contributed by atoms with E-state index in [-0.39, 0.29) is 11.4 Å². The summed E-state index contributed by atoms with van der Waals surface area (Å²) in [4.78, 5) is 0. The van der Waals surface area contributed by atoms with Crippen molar-refractivity contribution in [3.05, 3.63) is 24.3 Å². The van der Waals surface area contributed by atoms with E-state index >= 15 is 0 Å². The molecule has 0 aromatic heterocycles. The highest BCUT2D eigenvalue weighted by atomic mass is 32.2. The second-order valence-corrected chi connectivity index (χ2v) is 3.28. The lowest BCUT2D eigenvalue weighted by molar-refractivity contribution is 0.475. The molecule has 0 atom stereocenters. The molecule has 3 N–H and O–H groups in total. The van der Waals surface area contributed by atoms with E-state index < -0.39 is 10.3 Å². The van der Waals surface area contributed by atoms with Crippen molar-refractivity contribution >= 4 is 16.0 Å². The molecule has 0 fully saturated rings. The Hall–Kier alpha value is -1.27. The standard InChI is InChI=1S/C6H7NO4S/c8-6-3-1-5(2-4-6)7-12(9,10)11/h1-4,7-8H,(H,9,10,11). The molecule has 0 radical (unpaired) electrons. The summed E-state index contributed by atoms with van der Waals surface area (Å²) in [6.07, 6.45) is 0. The van der Waals surface area contributed by atoms with Gasteiger partial charge in [0, 0.05) is 0 Å². The number of aromatic hydroxyl groups is 1. The first kappa shape index (κ1) is 8.82. The van der Waals surface area contributed by atoms with Crippen molar-refractivity contribution in [1.82, 2.24) is 0 Å². The molecule has 0 bridgehead atoms. The number of nitrogens with one attached hydrogen (secondary N) is 1. The Bertz CT molecular complexity index is 356. The Morgan fingerprint density at radius 2 is 1.67 bits per heavy atom. The van der Waals surface area contributed by atoms with Crippen molar-refractivity contribution in [2.75, 3.05) is 4.72 Å². The summed E-state index contributed by atoms with van der Waals surface area (Å²) in [6.45, 7) is 0. The lowest BCUT2D eigenvalue weighted by Gasteiger charge is -2.00. The summed E-state index contributed by atoms with van der Waals surface area (Å²) in [6, 6.07) is 5.24. The molecule has 12 heavy (non-hydrogen) atoms. The van der Waals surface area contributed by atoms with Gasteiger partial charge in [-0.2, -0.15) is 8.42 Å². The van der Waals surface area contributed by atoms with Gasteiger partial charge in [0.1, 0.15) is 5.75 Å². The Labute approximate surface area is 69.5 Å². The second-order valence-electron chi connectivity index (χ2n) is 2.12. The quantitative estimate of drug-likeness (QED) is 0.470. The second kappa shape index (κ2) is 3.00. The lowest BCUT2D eigenvalue weighted by atomic mass is 10.3. The number of hydrogen-bond donors (Lipinski definition) is 3. The van der Waals surface area contributed by atoms with Gasteiger partial charge in [-0.25, -0.2) is 0 Å². The predicted octanol–water partition coefficient (Wildman–Crippen LogP) is 0.607. The monoisotopic (exact) mass is 189 g/mol. The molecule has 6 heteroatoms.